The van der Waals surface area contributed by atoms with E-state index in [1.54, 1.807) is 37.8 Å². The summed E-state index contributed by atoms with van der Waals surface area (Å²) in [6.45, 7) is 13.7. The minimum Gasteiger partial charge on any atom is -0.444 e. The van der Waals surface area contributed by atoms with Crippen molar-refractivity contribution in [2.45, 2.75) is 82.4 Å². The number of amides is 3. The maximum absolute atomic E-state index is 13.7. The first kappa shape index (κ1) is 25.0. The number of fused-ring (bicyclic) bond motifs is 3. The van der Waals surface area contributed by atoms with Gasteiger partial charge >= 0.3 is 6.09 Å². The van der Waals surface area contributed by atoms with E-state index in [1.165, 1.54) is 0 Å². The fourth-order valence-electron chi connectivity index (χ4n) is 6.00. The topological polar surface area (TPSA) is 110 Å². The predicted molar refractivity (Wildman–Crippen MR) is 133 cm³/mol. The number of nitrogens with one attached hydrogen (secondary N) is 1. The Labute approximate surface area is 216 Å². The van der Waals surface area contributed by atoms with Gasteiger partial charge in [0, 0.05) is 31.7 Å². The van der Waals surface area contributed by atoms with Gasteiger partial charge in [-0.25, -0.2) is 9.64 Å². The summed E-state index contributed by atoms with van der Waals surface area (Å²) < 4.78 is 5.42. The number of rotatable bonds is 6. The fourth-order valence-corrected chi connectivity index (χ4v) is 6.00. The molecule has 6 atom stereocenters. The van der Waals surface area contributed by atoms with Crippen LogP contribution in [0.5, 0.6) is 0 Å². The Bertz CT molecular complexity index is 1200. The smallest absolute Gasteiger partial charge is 0.408 e. The average molecular weight is 505 g/mol. The van der Waals surface area contributed by atoms with Gasteiger partial charge in [-0.05, 0) is 51.5 Å². The van der Waals surface area contributed by atoms with E-state index >= 15 is 0 Å². The van der Waals surface area contributed by atoms with E-state index in [1.807, 2.05) is 21.9 Å². The van der Waals surface area contributed by atoms with Crippen LogP contribution in [0.3, 0.4) is 0 Å². The molecule has 4 aliphatic rings. The van der Waals surface area contributed by atoms with E-state index in [-0.39, 0.29) is 36.5 Å². The number of piperidine rings is 1. The maximum atomic E-state index is 13.7. The van der Waals surface area contributed by atoms with E-state index in [9.17, 15) is 19.6 Å². The molecule has 1 saturated carbocycles. The first-order valence-corrected chi connectivity index (χ1v) is 12.8. The molecule has 0 aromatic heterocycles. The summed E-state index contributed by atoms with van der Waals surface area (Å²) in [4.78, 5) is 48.5. The highest BCUT2D eigenvalue weighted by Gasteiger charge is 2.56. The van der Waals surface area contributed by atoms with Gasteiger partial charge < -0.3 is 19.9 Å². The van der Waals surface area contributed by atoms with Crippen LogP contribution in [-0.2, 0) is 20.9 Å². The Hall–Kier alpha value is -3.63. The third kappa shape index (κ3) is 4.99. The number of hydrogen-bond acceptors (Lipinski definition) is 6. The normalized spacial score (nSPS) is 28.9. The first-order valence-electron chi connectivity index (χ1n) is 12.8. The molecule has 3 heterocycles. The van der Waals surface area contributed by atoms with Gasteiger partial charge in [0.2, 0.25) is 11.8 Å². The zero-order chi connectivity index (χ0) is 26.5. The number of benzene rings is 1. The van der Waals surface area contributed by atoms with Crippen molar-refractivity contribution in [3.8, 4) is 6.07 Å². The average Bonchev–Trinajstić information content (AvgIpc) is 3.17. The predicted octanol–water partition coefficient (Wildman–Crippen LogP) is 2.43. The van der Waals surface area contributed by atoms with Crippen LogP contribution in [0.1, 0.15) is 45.6 Å². The van der Waals surface area contributed by atoms with Crippen LogP contribution in [0.4, 0.5) is 10.5 Å². The van der Waals surface area contributed by atoms with Crippen molar-refractivity contribution in [3.63, 3.8) is 0 Å². The number of nitrogens with zero attached hydrogens (tertiary/aromatic N) is 5. The molecule has 1 aromatic rings. The van der Waals surface area contributed by atoms with E-state index in [4.69, 9.17) is 11.3 Å². The third-order valence-electron chi connectivity index (χ3n) is 7.70. The van der Waals surface area contributed by atoms with E-state index < -0.39 is 23.8 Å². The summed E-state index contributed by atoms with van der Waals surface area (Å²) in [6.07, 6.45) is 1.52. The Balaban J connectivity index is 1.29. The number of alkyl carbamates (subject to hydrolysis) is 1. The summed E-state index contributed by atoms with van der Waals surface area (Å²) in [5, 5.41) is 12.3. The third-order valence-corrected chi connectivity index (χ3v) is 7.70. The van der Waals surface area contributed by atoms with Crippen LogP contribution in [-0.4, -0.2) is 81.5 Å². The molecule has 3 aliphatic heterocycles. The van der Waals surface area contributed by atoms with Crippen molar-refractivity contribution in [1.29, 1.82) is 5.26 Å². The Kier molecular flexibility index (Phi) is 6.33. The van der Waals surface area contributed by atoms with Gasteiger partial charge in [-0.1, -0.05) is 24.3 Å². The molecule has 3 saturated heterocycles. The zero-order valence-electron chi connectivity index (χ0n) is 21.4. The lowest BCUT2D eigenvalue weighted by molar-refractivity contribution is -0.140. The van der Waals surface area contributed by atoms with Gasteiger partial charge in [-0.15, -0.1) is 0 Å². The number of ether oxygens (including phenoxy) is 1. The quantitative estimate of drug-likeness (QED) is 0.596. The van der Waals surface area contributed by atoms with Gasteiger partial charge in [0.15, 0.2) is 5.69 Å². The number of likely N-dealkylation sites (tertiary alicyclic amines) is 3. The molecule has 4 fully saturated rings. The molecular formula is C27H32N6O4. The van der Waals surface area contributed by atoms with Crippen LogP contribution >= 0.6 is 0 Å². The molecule has 37 heavy (non-hydrogen) atoms. The summed E-state index contributed by atoms with van der Waals surface area (Å²) in [7, 11) is 0. The van der Waals surface area contributed by atoms with Crippen LogP contribution in [0.15, 0.2) is 24.3 Å². The minimum absolute atomic E-state index is 0.00201. The largest absolute Gasteiger partial charge is 0.444 e. The first-order chi connectivity index (χ1) is 17.6. The second-order valence-corrected chi connectivity index (χ2v) is 11.5. The molecule has 1 aliphatic carbocycles. The van der Waals surface area contributed by atoms with Crippen LogP contribution in [0, 0.1) is 23.8 Å². The van der Waals surface area contributed by atoms with Gasteiger partial charge in [-0.2, -0.15) is 5.26 Å². The lowest BCUT2D eigenvalue weighted by Crippen LogP contribution is -2.59. The lowest BCUT2D eigenvalue weighted by Gasteiger charge is -2.37. The Morgan fingerprint density at radius 2 is 2.08 bits per heavy atom. The Morgan fingerprint density at radius 3 is 2.76 bits per heavy atom. The molecular weight excluding hydrogens is 472 g/mol. The van der Waals surface area contributed by atoms with E-state index in [2.05, 4.69) is 16.2 Å². The number of hydrogen-bond donors (Lipinski definition) is 1. The van der Waals surface area contributed by atoms with Crippen LogP contribution < -0.4 is 5.32 Å². The van der Waals surface area contributed by atoms with E-state index in [0.717, 1.165) is 12.0 Å². The van der Waals surface area contributed by atoms with Crippen molar-refractivity contribution in [2.75, 3.05) is 13.1 Å². The Morgan fingerprint density at radius 1 is 1.30 bits per heavy atom. The highest BCUT2D eigenvalue weighted by Crippen LogP contribution is 2.48. The number of piperazine rings is 1. The summed E-state index contributed by atoms with van der Waals surface area (Å²) in [6, 6.07) is 7.79. The number of nitriles is 1. The molecule has 10 nitrogen and oxygen atoms in total. The molecule has 0 spiro atoms. The van der Waals surface area contributed by atoms with Crippen LogP contribution in [0.2, 0.25) is 0 Å². The molecule has 5 rings (SSSR count). The standard InChI is InChI=1S/C27H32N6O4/c1-27(2,3)37-26(36)30-21(24(34)33-19(12-28)9-17-10-22(17)33)15-31-14-20-11-23(31)25(35)32(20)13-16-6-5-7-18(8-16)29-4/h5-8,17,19-23H,9-11,13-15H2,1-3H3,(H,30,36)/t17-,19+,20-,21+,22+,23-/m1/s1. The molecule has 10 heteroatoms. The van der Waals surface area contributed by atoms with Crippen molar-refractivity contribution in [3.05, 3.63) is 41.2 Å². The summed E-state index contributed by atoms with van der Waals surface area (Å²) in [5.41, 5.74) is 0.729. The van der Waals surface area contributed by atoms with Crippen molar-refractivity contribution < 1.29 is 19.1 Å². The highest BCUT2D eigenvalue weighted by atomic mass is 16.6. The molecule has 194 valence electrons. The molecule has 0 radical (unpaired) electrons. The number of carbonyl (C=O) groups excluding carboxylic acids is 3. The van der Waals surface area contributed by atoms with Crippen molar-refractivity contribution in [2.24, 2.45) is 5.92 Å². The SMILES string of the molecule is [C-]#[N+]c1cccc(CN2C(=O)[C@H]3C[C@@H]2CN3C[C@H](NC(=O)OC(C)(C)C)C(=O)N2[C@H](C#N)C[C@@H]3C[C@@H]32)c1. The van der Waals surface area contributed by atoms with Gasteiger partial charge in [0.25, 0.3) is 0 Å². The van der Waals surface area contributed by atoms with Gasteiger partial charge in [-0.3, -0.25) is 14.5 Å². The minimum atomic E-state index is -0.916. The van der Waals surface area contributed by atoms with Crippen LogP contribution in [0.25, 0.3) is 4.85 Å². The molecule has 1 N–H and O–H groups in total. The molecule has 2 bridgehead atoms. The fraction of sp³-hybridized carbons (Fsp3) is 0.593. The molecule has 0 unspecified atom stereocenters. The molecule has 3 amide bonds. The second-order valence-electron chi connectivity index (χ2n) is 11.5. The second kappa shape index (κ2) is 9.35. The highest BCUT2D eigenvalue weighted by molar-refractivity contribution is 5.88. The lowest BCUT2D eigenvalue weighted by atomic mass is 10.1. The maximum Gasteiger partial charge on any atom is 0.408 e. The number of carbonyl (C=O) groups is 3. The summed E-state index contributed by atoms with van der Waals surface area (Å²) >= 11 is 0. The van der Waals surface area contributed by atoms with Crippen molar-refractivity contribution in [1.82, 2.24) is 20.0 Å². The van der Waals surface area contributed by atoms with Gasteiger partial charge in [0.1, 0.15) is 17.7 Å². The molecule has 1 aromatic carbocycles. The monoisotopic (exact) mass is 504 g/mol. The van der Waals surface area contributed by atoms with Gasteiger partial charge in [0.05, 0.1) is 18.7 Å². The zero-order valence-corrected chi connectivity index (χ0v) is 21.4. The van der Waals surface area contributed by atoms with E-state index in [0.29, 0.717) is 37.5 Å². The van der Waals surface area contributed by atoms with Crippen molar-refractivity contribution >= 4 is 23.6 Å². The summed E-state index contributed by atoms with van der Waals surface area (Å²) in [5.74, 6) is 0.0618.